The van der Waals surface area contributed by atoms with Crippen LogP contribution in [0.15, 0.2) is 0 Å². The fourth-order valence-electron chi connectivity index (χ4n) is 0.670. The van der Waals surface area contributed by atoms with Gasteiger partial charge in [0.2, 0.25) is 0 Å². The largest absolute Gasteiger partial charge is 0.381 e. The molecule has 0 atom stereocenters. The number of hydrogen-bond acceptors (Lipinski definition) is 2. The summed E-state index contributed by atoms with van der Waals surface area (Å²) < 4.78 is 10.3. The van der Waals surface area contributed by atoms with Gasteiger partial charge in [-0.2, -0.15) is 0 Å². The Morgan fingerprint density at radius 1 is 1.00 bits per heavy atom. The molecule has 0 aliphatic rings. The second kappa shape index (κ2) is 10.3. The lowest BCUT2D eigenvalue weighted by Crippen LogP contribution is -2.01. The van der Waals surface area contributed by atoms with Crippen molar-refractivity contribution in [3.63, 3.8) is 0 Å². The zero-order chi connectivity index (χ0) is 8.36. The van der Waals surface area contributed by atoms with Crippen LogP contribution in [0.1, 0.15) is 26.2 Å². The van der Waals surface area contributed by atoms with Gasteiger partial charge in [0.05, 0.1) is 0 Å². The lowest BCUT2D eigenvalue weighted by atomic mass is 10.4. The third-order valence-electron chi connectivity index (χ3n) is 1.30. The van der Waals surface area contributed by atoms with Crippen molar-refractivity contribution in [1.29, 1.82) is 0 Å². The van der Waals surface area contributed by atoms with Crippen LogP contribution in [0.25, 0.3) is 0 Å². The summed E-state index contributed by atoms with van der Waals surface area (Å²) in [6.45, 7) is 4.57. The van der Waals surface area contributed by atoms with E-state index in [1.165, 1.54) is 6.42 Å². The Kier molecular flexibility index (Phi) is 10.5. The minimum atomic E-state index is 0.398. The first-order chi connectivity index (χ1) is 5.41. The third kappa shape index (κ3) is 10.3. The highest BCUT2D eigenvalue weighted by Crippen LogP contribution is 1.90. The molecule has 0 bridgehead atoms. The van der Waals surface area contributed by atoms with Crippen LogP contribution >= 0.6 is 12.6 Å². The molecule has 11 heavy (non-hydrogen) atoms. The molecule has 0 saturated heterocycles. The van der Waals surface area contributed by atoms with Gasteiger partial charge < -0.3 is 9.47 Å². The zero-order valence-electron chi connectivity index (χ0n) is 7.17. The molecule has 3 heteroatoms. The zero-order valence-corrected chi connectivity index (χ0v) is 7.99. The normalized spacial score (nSPS) is 10.4. The second-order valence-electron chi connectivity index (χ2n) is 2.35. The first-order valence-corrected chi connectivity index (χ1v) is 4.73. The number of hydrogen-bond donors (Lipinski definition) is 0. The topological polar surface area (TPSA) is 18.5 Å². The van der Waals surface area contributed by atoms with Gasteiger partial charge in [0.1, 0.15) is 5.94 Å². The summed E-state index contributed by atoms with van der Waals surface area (Å²) in [4.78, 5) is 0. The van der Waals surface area contributed by atoms with E-state index in [1.54, 1.807) is 0 Å². The van der Waals surface area contributed by atoms with Crippen molar-refractivity contribution in [3.8, 4) is 0 Å². The van der Waals surface area contributed by atoms with E-state index in [0.717, 1.165) is 32.7 Å². The summed E-state index contributed by atoms with van der Waals surface area (Å²) in [7, 11) is 0. The van der Waals surface area contributed by atoms with Gasteiger partial charge in [-0.15, -0.1) is 0 Å². The molecule has 0 aliphatic heterocycles. The Morgan fingerprint density at radius 2 is 1.64 bits per heavy atom. The SMILES string of the molecule is CCCCOCCCOC[S]. The van der Waals surface area contributed by atoms with E-state index in [-0.39, 0.29) is 0 Å². The van der Waals surface area contributed by atoms with E-state index in [4.69, 9.17) is 9.47 Å². The first kappa shape index (κ1) is 11.3. The maximum Gasteiger partial charge on any atom is 0.102 e. The summed E-state index contributed by atoms with van der Waals surface area (Å²) in [5.41, 5.74) is 0. The summed E-state index contributed by atoms with van der Waals surface area (Å²) in [5, 5.41) is 0. The predicted octanol–water partition coefficient (Wildman–Crippen LogP) is 2.36. The molecule has 0 unspecified atom stereocenters. The molecule has 0 fully saturated rings. The molecular weight excluding hydrogens is 160 g/mol. The van der Waals surface area contributed by atoms with Crippen molar-refractivity contribution in [3.05, 3.63) is 0 Å². The van der Waals surface area contributed by atoms with E-state index in [1.807, 2.05) is 0 Å². The fraction of sp³-hybridized carbons (Fsp3) is 1.00. The van der Waals surface area contributed by atoms with Crippen LogP contribution in [0, 0.1) is 0 Å². The highest BCUT2D eigenvalue weighted by atomic mass is 32.1. The van der Waals surface area contributed by atoms with E-state index >= 15 is 0 Å². The van der Waals surface area contributed by atoms with Gasteiger partial charge in [0.15, 0.2) is 0 Å². The molecule has 0 N–H and O–H groups in total. The lowest BCUT2D eigenvalue weighted by molar-refractivity contribution is 0.0976. The minimum Gasteiger partial charge on any atom is -0.381 e. The molecule has 0 aromatic heterocycles. The monoisotopic (exact) mass is 177 g/mol. The van der Waals surface area contributed by atoms with Crippen LogP contribution in [0.2, 0.25) is 0 Å². The maximum atomic E-state index is 5.31. The lowest BCUT2D eigenvalue weighted by Gasteiger charge is -2.02. The summed E-state index contributed by atoms with van der Waals surface area (Å²) >= 11 is 4.61. The van der Waals surface area contributed by atoms with Gasteiger partial charge in [-0.05, 0) is 12.8 Å². The Labute approximate surface area is 74.7 Å². The summed E-state index contributed by atoms with van der Waals surface area (Å²) in [6.07, 6.45) is 3.31. The smallest absolute Gasteiger partial charge is 0.102 e. The second-order valence-corrected chi connectivity index (χ2v) is 2.58. The average molecular weight is 177 g/mol. The van der Waals surface area contributed by atoms with Crippen LogP contribution < -0.4 is 0 Å². The van der Waals surface area contributed by atoms with Gasteiger partial charge in [0.25, 0.3) is 0 Å². The third-order valence-corrected chi connectivity index (χ3v) is 1.47. The summed E-state index contributed by atoms with van der Waals surface area (Å²) in [6, 6.07) is 0. The quantitative estimate of drug-likeness (QED) is 0.530. The molecule has 67 valence electrons. The molecule has 0 heterocycles. The van der Waals surface area contributed by atoms with Crippen LogP contribution in [0.3, 0.4) is 0 Å². The van der Waals surface area contributed by atoms with Crippen molar-refractivity contribution in [2.75, 3.05) is 25.8 Å². The molecule has 1 radical (unpaired) electrons. The van der Waals surface area contributed by atoms with Crippen LogP contribution in [0.5, 0.6) is 0 Å². The van der Waals surface area contributed by atoms with Crippen molar-refractivity contribution >= 4 is 12.6 Å². The maximum absolute atomic E-state index is 5.31. The molecule has 0 aromatic carbocycles. The minimum absolute atomic E-state index is 0.398. The molecular formula is C8H17O2S. The molecule has 0 saturated carbocycles. The van der Waals surface area contributed by atoms with E-state index in [0.29, 0.717) is 5.94 Å². The van der Waals surface area contributed by atoms with Crippen LogP contribution in [0.4, 0.5) is 0 Å². The van der Waals surface area contributed by atoms with Crippen LogP contribution in [-0.2, 0) is 9.47 Å². The molecule has 0 amide bonds. The van der Waals surface area contributed by atoms with E-state index in [2.05, 4.69) is 19.6 Å². The molecule has 2 nitrogen and oxygen atoms in total. The Balaban J connectivity index is 2.69. The van der Waals surface area contributed by atoms with E-state index in [9.17, 15) is 0 Å². The molecule has 0 aromatic rings. The predicted molar refractivity (Wildman–Crippen MR) is 48.8 cm³/mol. The van der Waals surface area contributed by atoms with Gasteiger partial charge in [0, 0.05) is 19.8 Å². The Morgan fingerprint density at radius 3 is 2.27 bits per heavy atom. The average Bonchev–Trinajstić information content (AvgIpc) is 2.03. The number of rotatable bonds is 8. The van der Waals surface area contributed by atoms with Crippen LogP contribution in [-0.4, -0.2) is 25.8 Å². The standard InChI is InChI=1S/C8H17O2S/c1-2-3-5-9-6-4-7-10-8-11/h2-8H2,1H3. The van der Waals surface area contributed by atoms with Crippen molar-refractivity contribution in [2.45, 2.75) is 26.2 Å². The van der Waals surface area contributed by atoms with E-state index < -0.39 is 0 Å². The van der Waals surface area contributed by atoms with Crippen molar-refractivity contribution in [2.24, 2.45) is 0 Å². The first-order valence-electron chi connectivity index (χ1n) is 4.15. The highest BCUT2D eigenvalue weighted by Gasteiger charge is 1.88. The van der Waals surface area contributed by atoms with Gasteiger partial charge in [-0.25, -0.2) is 0 Å². The summed E-state index contributed by atoms with van der Waals surface area (Å²) in [5.74, 6) is 0.398. The van der Waals surface area contributed by atoms with Gasteiger partial charge >= 0.3 is 0 Å². The number of ether oxygens (including phenoxy) is 2. The molecule has 0 aliphatic carbocycles. The Bertz CT molecular complexity index is 61.1. The van der Waals surface area contributed by atoms with Gasteiger partial charge in [-0.1, -0.05) is 26.0 Å². The Hall–Kier alpha value is 0.270. The molecule has 0 spiro atoms. The number of unbranched alkanes of at least 4 members (excludes halogenated alkanes) is 1. The molecule has 0 rings (SSSR count). The van der Waals surface area contributed by atoms with Crippen molar-refractivity contribution < 1.29 is 9.47 Å². The van der Waals surface area contributed by atoms with Gasteiger partial charge in [-0.3, -0.25) is 0 Å². The van der Waals surface area contributed by atoms with Crippen molar-refractivity contribution in [1.82, 2.24) is 0 Å². The fourth-order valence-corrected chi connectivity index (χ4v) is 0.788. The highest BCUT2D eigenvalue weighted by molar-refractivity contribution is 7.80.